The Morgan fingerprint density at radius 1 is 1.18 bits per heavy atom. The number of furan rings is 1. The van der Waals surface area contributed by atoms with E-state index in [0.29, 0.717) is 36.3 Å². The zero-order chi connectivity index (χ0) is 22.4. The molecule has 2 aliphatic rings. The first-order valence-electron chi connectivity index (χ1n) is 11.7. The van der Waals surface area contributed by atoms with Crippen LogP contribution >= 0.6 is 0 Å². The second kappa shape index (κ2) is 8.10. The van der Waals surface area contributed by atoms with Gasteiger partial charge < -0.3 is 18.5 Å². The fraction of sp³-hybridized carbons (Fsp3) is 0.333. The molecule has 0 spiro atoms. The Hall–Kier alpha value is -3.54. The zero-order valence-corrected chi connectivity index (χ0v) is 18.7. The van der Waals surface area contributed by atoms with Crippen LogP contribution < -0.4 is 4.74 Å². The lowest BCUT2D eigenvalue weighted by Crippen LogP contribution is -2.32. The Morgan fingerprint density at radius 2 is 2.06 bits per heavy atom. The third-order valence-corrected chi connectivity index (χ3v) is 6.61. The zero-order valence-electron chi connectivity index (χ0n) is 18.7. The number of carbonyl (C=O) groups excluding carboxylic acids is 1. The van der Waals surface area contributed by atoms with Gasteiger partial charge >= 0.3 is 0 Å². The first-order chi connectivity index (χ1) is 16.1. The minimum atomic E-state index is 0.0217. The van der Waals surface area contributed by atoms with Crippen LogP contribution in [0.4, 0.5) is 0 Å². The summed E-state index contributed by atoms with van der Waals surface area (Å²) in [7, 11) is 0. The highest BCUT2D eigenvalue weighted by Crippen LogP contribution is 2.47. The average Bonchev–Trinajstić information content (AvgIpc) is 3.72. The summed E-state index contributed by atoms with van der Waals surface area (Å²) in [6, 6.07) is 17.7. The lowest BCUT2D eigenvalue weighted by atomic mass is 10.1. The topological polar surface area (TPSA) is 60.0 Å². The van der Waals surface area contributed by atoms with Crippen molar-refractivity contribution in [1.82, 2.24) is 14.3 Å². The smallest absolute Gasteiger partial charge is 0.254 e. The molecule has 1 aromatic carbocycles. The molecule has 1 amide bonds. The molecule has 0 saturated heterocycles. The number of fused-ring (bicyclic) bond motifs is 1. The van der Waals surface area contributed by atoms with Crippen molar-refractivity contribution in [2.45, 2.75) is 51.3 Å². The lowest BCUT2D eigenvalue weighted by molar-refractivity contribution is 0.0716. The molecule has 3 aromatic heterocycles. The minimum absolute atomic E-state index is 0.0217. The van der Waals surface area contributed by atoms with Gasteiger partial charge in [0, 0.05) is 29.9 Å². The quantitative estimate of drug-likeness (QED) is 0.366. The van der Waals surface area contributed by atoms with Gasteiger partial charge in [0.1, 0.15) is 29.5 Å². The van der Waals surface area contributed by atoms with Crippen molar-refractivity contribution in [2.24, 2.45) is 5.92 Å². The van der Waals surface area contributed by atoms with Gasteiger partial charge in [-0.15, -0.1) is 0 Å². The number of benzene rings is 1. The van der Waals surface area contributed by atoms with Crippen LogP contribution in [0.25, 0.3) is 5.65 Å². The van der Waals surface area contributed by atoms with Gasteiger partial charge in [-0.1, -0.05) is 19.1 Å². The summed E-state index contributed by atoms with van der Waals surface area (Å²) in [6.07, 6.45) is 7.20. The monoisotopic (exact) mass is 441 g/mol. The van der Waals surface area contributed by atoms with Crippen molar-refractivity contribution >= 4 is 11.6 Å². The van der Waals surface area contributed by atoms with E-state index in [1.165, 1.54) is 6.42 Å². The molecule has 0 bridgehead atoms. The summed E-state index contributed by atoms with van der Waals surface area (Å²) in [5, 5.41) is 0. The molecule has 6 heteroatoms. The predicted molar refractivity (Wildman–Crippen MR) is 124 cm³/mol. The molecule has 0 radical (unpaired) electrons. The first-order valence-corrected chi connectivity index (χ1v) is 11.7. The molecular weight excluding hydrogens is 414 g/mol. The van der Waals surface area contributed by atoms with Crippen molar-refractivity contribution in [3.8, 4) is 5.75 Å². The van der Waals surface area contributed by atoms with Gasteiger partial charge in [0.25, 0.3) is 5.91 Å². The van der Waals surface area contributed by atoms with Crippen LogP contribution in [0.5, 0.6) is 5.75 Å². The van der Waals surface area contributed by atoms with Crippen molar-refractivity contribution in [3.05, 3.63) is 89.8 Å². The van der Waals surface area contributed by atoms with E-state index in [0.717, 1.165) is 35.7 Å². The molecule has 6 rings (SSSR count). The molecule has 168 valence electrons. The Kier molecular flexibility index (Phi) is 4.93. The summed E-state index contributed by atoms with van der Waals surface area (Å²) in [5.74, 6) is 3.86. The van der Waals surface area contributed by atoms with Gasteiger partial charge in [-0.05, 0) is 67.6 Å². The van der Waals surface area contributed by atoms with E-state index in [-0.39, 0.29) is 11.9 Å². The average molecular weight is 442 g/mol. The summed E-state index contributed by atoms with van der Waals surface area (Å²) >= 11 is 0. The number of pyridine rings is 1. The highest BCUT2D eigenvalue weighted by Gasteiger charge is 2.37. The van der Waals surface area contributed by atoms with Crippen LogP contribution in [-0.2, 0) is 13.2 Å². The van der Waals surface area contributed by atoms with E-state index in [1.807, 2.05) is 70.2 Å². The summed E-state index contributed by atoms with van der Waals surface area (Å²) in [5.41, 5.74) is 2.37. The van der Waals surface area contributed by atoms with Crippen molar-refractivity contribution in [3.63, 3.8) is 0 Å². The SMILES string of the molecule is CC1CC1c1ccc(CN(C(=O)c2cccc(OCc3cn4ccccc4n3)c2)C2CC2)o1. The standard InChI is InChI=1S/C27H27N3O3/c1-18-13-24(18)25-11-10-23(33-25)16-30(21-8-9-21)27(31)19-5-4-6-22(14-19)32-17-20-15-29-12-3-2-7-26(29)28-20/h2-7,10-12,14-15,18,21,24H,8-9,13,16-17H2,1H3. The molecule has 2 fully saturated rings. The van der Waals surface area contributed by atoms with Gasteiger partial charge in [0.15, 0.2) is 0 Å². The molecule has 3 heterocycles. The summed E-state index contributed by atoms with van der Waals surface area (Å²) < 4.78 is 14.0. The van der Waals surface area contributed by atoms with Gasteiger partial charge in [-0.3, -0.25) is 4.79 Å². The number of hydrogen-bond donors (Lipinski definition) is 0. The third-order valence-electron chi connectivity index (χ3n) is 6.61. The highest BCUT2D eigenvalue weighted by atomic mass is 16.5. The molecule has 6 nitrogen and oxygen atoms in total. The van der Waals surface area contributed by atoms with Crippen molar-refractivity contribution in [2.75, 3.05) is 0 Å². The van der Waals surface area contributed by atoms with E-state index in [2.05, 4.69) is 18.0 Å². The van der Waals surface area contributed by atoms with Gasteiger partial charge in [0.2, 0.25) is 0 Å². The van der Waals surface area contributed by atoms with Crippen LogP contribution in [0, 0.1) is 5.92 Å². The van der Waals surface area contributed by atoms with Crippen LogP contribution in [-0.4, -0.2) is 26.2 Å². The Balaban J connectivity index is 1.15. The second-order valence-corrected chi connectivity index (χ2v) is 9.30. The van der Waals surface area contributed by atoms with Crippen LogP contribution in [0.1, 0.15) is 59.7 Å². The molecule has 0 aliphatic heterocycles. The van der Waals surface area contributed by atoms with Gasteiger partial charge in [0.05, 0.1) is 12.2 Å². The second-order valence-electron chi connectivity index (χ2n) is 9.30. The molecule has 2 aliphatic carbocycles. The van der Waals surface area contributed by atoms with Gasteiger partial charge in [-0.2, -0.15) is 0 Å². The maximum absolute atomic E-state index is 13.4. The first kappa shape index (κ1) is 20.1. The maximum atomic E-state index is 13.4. The highest BCUT2D eigenvalue weighted by molar-refractivity contribution is 5.95. The fourth-order valence-corrected chi connectivity index (χ4v) is 4.42. The predicted octanol–water partition coefficient (Wildman–Crippen LogP) is 5.43. The van der Waals surface area contributed by atoms with Crippen LogP contribution in [0.2, 0.25) is 0 Å². The number of nitrogens with zero attached hydrogens (tertiary/aromatic N) is 3. The van der Waals surface area contributed by atoms with Crippen molar-refractivity contribution < 1.29 is 13.9 Å². The van der Waals surface area contributed by atoms with E-state index < -0.39 is 0 Å². The minimum Gasteiger partial charge on any atom is -0.487 e. The van der Waals surface area contributed by atoms with E-state index in [1.54, 1.807) is 0 Å². The Bertz CT molecular complexity index is 1270. The van der Waals surface area contributed by atoms with E-state index in [4.69, 9.17) is 9.15 Å². The number of hydrogen-bond acceptors (Lipinski definition) is 4. The molecular formula is C27H27N3O3. The largest absolute Gasteiger partial charge is 0.487 e. The van der Waals surface area contributed by atoms with Crippen LogP contribution in [0.3, 0.4) is 0 Å². The summed E-state index contributed by atoms with van der Waals surface area (Å²) in [6.45, 7) is 3.11. The normalized spacial score (nSPS) is 19.5. The molecule has 33 heavy (non-hydrogen) atoms. The number of ether oxygens (including phenoxy) is 1. The molecule has 2 atom stereocenters. The number of amides is 1. The number of aromatic nitrogens is 2. The van der Waals surface area contributed by atoms with Crippen molar-refractivity contribution in [1.29, 1.82) is 0 Å². The Labute approximate surface area is 192 Å². The lowest BCUT2D eigenvalue weighted by Gasteiger charge is -2.21. The van der Waals surface area contributed by atoms with Gasteiger partial charge in [-0.25, -0.2) is 4.98 Å². The van der Waals surface area contributed by atoms with E-state index in [9.17, 15) is 4.79 Å². The Morgan fingerprint density at radius 3 is 2.85 bits per heavy atom. The number of rotatable bonds is 8. The fourth-order valence-electron chi connectivity index (χ4n) is 4.42. The summed E-state index contributed by atoms with van der Waals surface area (Å²) in [4.78, 5) is 19.9. The number of imidazole rings is 1. The van der Waals surface area contributed by atoms with E-state index >= 15 is 0 Å². The molecule has 2 unspecified atom stereocenters. The molecule has 0 N–H and O–H groups in total. The molecule has 4 aromatic rings. The number of carbonyl (C=O) groups is 1. The van der Waals surface area contributed by atoms with Crippen LogP contribution in [0.15, 0.2) is 71.4 Å². The maximum Gasteiger partial charge on any atom is 0.254 e. The molecule has 2 saturated carbocycles. The third kappa shape index (κ3) is 4.25.